The highest BCUT2D eigenvalue weighted by atomic mass is 16.5. The molecule has 2 fully saturated rings. The Bertz CT molecular complexity index is 128. The molecule has 2 heterocycles. The van der Waals surface area contributed by atoms with Crippen molar-refractivity contribution in [2.24, 2.45) is 11.8 Å². The molecule has 0 aliphatic carbocycles. The second kappa shape index (κ2) is 2.78. The van der Waals surface area contributed by atoms with E-state index in [4.69, 9.17) is 4.74 Å². The lowest BCUT2D eigenvalue weighted by Gasteiger charge is -2.22. The molecule has 2 aliphatic heterocycles. The summed E-state index contributed by atoms with van der Waals surface area (Å²) in [4.78, 5) is 0. The minimum absolute atomic E-state index is 0.634. The molecule has 2 saturated heterocycles. The SMILES string of the molecule is CCC1CC2OC1CC2CC. The summed E-state index contributed by atoms with van der Waals surface area (Å²) in [5.41, 5.74) is 0. The zero-order chi connectivity index (χ0) is 7.84. The monoisotopic (exact) mass is 154 g/mol. The maximum atomic E-state index is 5.88. The molecule has 11 heavy (non-hydrogen) atoms. The van der Waals surface area contributed by atoms with Crippen molar-refractivity contribution < 1.29 is 4.74 Å². The van der Waals surface area contributed by atoms with Crippen LogP contribution in [-0.2, 0) is 4.74 Å². The summed E-state index contributed by atoms with van der Waals surface area (Å²) in [6, 6.07) is 0. The van der Waals surface area contributed by atoms with Crippen LogP contribution in [0.4, 0.5) is 0 Å². The van der Waals surface area contributed by atoms with Gasteiger partial charge in [0.05, 0.1) is 12.2 Å². The van der Waals surface area contributed by atoms with Crippen LogP contribution < -0.4 is 0 Å². The van der Waals surface area contributed by atoms with E-state index < -0.39 is 0 Å². The van der Waals surface area contributed by atoms with E-state index in [2.05, 4.69) is 13.8 Å². The number of hydrogen-bond donors (Lipinski definition) is 0. The van der Waals surface area contributed by atoms with Gasteiger partial charge in [-0.1, -0.05) is 26.7 Å². The highest BCUT2D eigenvalue weighted by Crippen LogP contribution is 2.44. The van der Waals surface area contributed by atoms with Gasteiger partial charge in [0, 0.05) is 0 Å². The second-order valence-electron chi connectivity index (χ2n) is 4.02. The van der Waals surface area contributed by atoms with Crippen LogP contribution in [0, 0.1) is 11.8 Å². The smallest absolute Gasteiger partial charge is 0.0611 e. The van der Waals surface area contributed by atoms with Gasteiger partial charge in [-0.25, -0.2) is 0 Å². The summed E-state index contributed by atoms with van der Waals surface area (Å²) in [6.07, 6.45) is 6.60. The first kappa shape index (κ1) is 7.60. The van der Waals surface area contributed by atoms with Crippen LogP contribution in [0.3, 0.4) is 0 Å². The Morgan fingerprint density at radius 1 is 1.00 bits per heavy atom. The molecule has 2 rings (SSSR count). The lowest BCUT2D eigenvalue weighted by atomic mass is 9.80. The Morgan fingerprint density at radius 3 is 1.73 bits per heavy atom. The van der Waals surface area contributed by atoms with E-state index in [1.807, 2.05) is 0 Å². The summed E-state index contributed by atoms with van der Waals surface area (Å²) in [5.74, 6) is 1.78. The van der Waals surface area contributed by atoms with Crippen molar-refractivity contribution in [2.45, 2.75) is 51.7 Å². The summed E-state index contributed by atoms with van der Waals surface area (Å²) >= 11 is 0. The van der Waals surface area contributed by atoms with Crippen LogP contribution in [-0.4, -0.2) is 12.2 Å². The van der Waals surface area contributed by atoms with Crippen LogP contribution in [0.1, 0.15) is 39.5 Å². The molecule has 1 nitrogen and oxygen atoms in total. The Kier molecular flexibility index (Phi) is 1.92. The lowest BCUT2D eigenvalue weighted by Crippen LogP contribution is -2.22. The third-order valence-corrected chi connectivity index (χ3v) is 3.52. The molecule has 0 amide bonds. The van der Waals surface area contributed by atoms with Crippen LogP contribution in [0.2, 0.25) is 0 Å². The van der Waals surface area contributed by atoms with Crippen molar-refractivity contribution in [1.29, 1.82) is 0 Å². The third-order valence-electron chi connectivity index (χ3n) is 3.52. The van der Waals surface area contributed by atoms with E-state index >= 15 is 0 Å². The first-order chi connectivity index (χ1) is 5.35. The van der Waals surface area contributed by atoms with Gasteiger partial charge in [0.1, 0.15) is 0 Å². The first-order valence-electron chi connectivity index (χ1n) is 5.00. The van der Waals surface area contributed by atoms with E-state index in [0.29, 0.717) is 12.2 Å². The van der Waals surface area contributed by atoms with Gasteiger partial charge in [-0.2, -0.15) is 0 Å². The van der Waals surface area contributed by atoms with Crippen molar-refractivity contribution in [1.82, 2.24) is 0 Å². The fraction of sp³-hybridized carbons (Fsp3) is 1.00. The summed E-state index contributed by atoms with van der Waals surface area (Å²) < 4.78 is 5.88. The largest absolute Gasteiger partial charge is 0.374 e. The Labute approximate surface area is 69.1 Å². The van der Waals surface area contributed by atoms with Crippen LogP contribution >= 0.6 is 0 Å². The van der Waals surface area contributed by atoms with Gasteiger partial charge < -0.3 is 4.74 Å². The van der Waals surface area contributed by atoms with Gasteiger partial charge in [-0.3, -0.25) is 0 Å². The molecule has 0 saturated carbocycles. The second-order valence-corrected chi connectivity index (χ2v) is 4.02. The zero-order valence-electron chi connectivity index (χ0n) is 7.55. The summed E-state index contributed by atoms with van der Waals surface area (Å²) in [5, 5.41) is 0. The Morgan fingerprint density at radius 2 is 1.45 bits per heavy atom. The molecule has 0 aromatic heterocycles. The number of ether oxygens (including phenoxy) is 1. The molecule has 4 atom stereocenters. The van der Waals surface area contributed by atoms with Crippen molar-refractivity contribution in [3.05, 3.63) is 0 Å². The van der Waals surface area contributed by atoms with Gasteiger partial charge in [-0.15, -0.1) is 0 Å². The molecular weight excluding hydrogens is 136 g/mol. The molecule has 0 spiro atoms. The molecule has 64 valence electrons. The molecule has 2 aliphatic rings. The molecule has 0 aromatic carbocycles. The molecular formula is C10H18O. The standard InChI is InChI=1S/C10H18O/c1-3-7-5-10-8(4-2)6-9(7)11-10/h7-10H,3-6H2,1-2H3. The van der Waals surface area contributed by atoms with E-state index in [0.717, 1.165) is 11.8 Å². The Hall–Kier alpha value is -0.0400. The van der Waals surface area contributed by atoms with Crippen LogP contribution in [0.5, 0.6) is 0 Å². The van der Waals surface area contributed by atoms with E-state index in [9.17, 15) is 0 Å². The normalized spacial score (nSPS) is 48.5. The van der Waals surface area contributed by atoms with E-state index in [1.54, 1.807) is 0 Å². The lowest BCUT2D eigenvalue weighted by molar-refractivity contribution is 0.0836. The molecule has 2 bridgehead atoms. The van der Waals surface area contributed by atoms with E-state index in [-0.39, 0.29) is 0 Å². The quantitative estimate of drug-likeness (QED) is 0.594. The predicted octanol–water partition coefficient (Wildman–Crippen LogP) is 2.60. The van der Waals surface area contributed by atoms with Gasteiger partial charge in [0.25, 0.3) is 0 Å². The summed E-state index contributed by atoms with van der Waals surface area (Å²) in [6.45, 7) is 4.57. The van der Waals surface area contributed by atoms with Crippen molar-refractivity contribution >= 4 is 0 Å². The maximum Gasteiger partial charge on any atom is 0.0611 e. The van der Waals surface area contributed by atoms with Crippen molar-refractivity contribution in [2.75, 3.05) is 0 Å². The molecule has 4 unspecified atom stereocenters. The average molecular weight is 154 g/mol. The fourth-order valence-electron chi connectivity index (χ4n) is 2.70. The molecule has 0 radical (unpaired) electrons. The van der Waals surface area contributed by atoms with Crippen molar-refractivity contribution in [3.63, 3.8) is 0 Å². The van der Waals surface area contributed by atoms with Gasteiger partial charge in [0.15, 0.2) is 0 Å². The number of fused-ring (bicyclic) bond motifs is 2. The van der Waals surface area contributed by atoms with E-state index in [1.165, 1.54) is 25.7 Å². The highest BCUT2D eigenvalue weighted by molar-refractivity contribution is 4.93. The maximum absolute atomic E-state index is 5.88. The minimum atomic E-state index is 0.634. The molecule has 0 aromatic rings. The Balaban J connectivity index is 1.97. The van der Waals surface area contributed by atoms with Gasteiger partial charge in [-0.05, 0) is 24.7 Å². The topological polar surface area (TPSA) is 9.23 Å². The molecule has 1 heteroatoms. The zero-order valence-corrected chi connectivity index (χ0v) is 7.55. The number of hydrogen-bond acceptors (Lipinski definition) is 1. The third kappa shape index (κ3) is 1.10. The predicted molar refractivity (Wildman–Crippen MR) is 45.5 cm³/mol. The minimum Gasteiger partial charge on any atom is -0.374 e. The van der Waals surface area contributed by atoms with Gasteiger partial charge >= 0.3 is 0 Å². The number of rotatable bonds is 2. The van der Waals surface area contributed by atoms with Crippen LogP contribution in [0.15, 0.2) is 0 Å². The summed E-state index contributed by atoms with van der Waals surface area (Å²) in [7, 11) is 0. The fourth-order valence-corrected chi connectivity index (χ4v) is 2.70. The van der Waals surface area contributed by atoms with Gasteiger partial charge in [0.2, 0.25) is 0 Å². The molecule has 0 N–H and O–H groups in total. The van der Waals surface area contributed by atoms with Crippen molar-refractivity contribution in [3.8, 4) is 0 Å². The highest BCUT2D eigenvalue weighted by Gasteiger charge is 2.45. The first-order valence-corrected chi connectivity index (χ1v) is 5.00. The average Bonchev–Trinajstić information content (AvgIpc) is 2.60. The van der Waals surface area contributed by atoms with Crippen LogP contribution in [0.25, 0.3) is 0 Å².